The Hall–Kier alpha value is -2.36. The van der Waals surface area contributed by atoms with E-state index in [1.807, 2.05) is 32.0 Å². The number of fused-ring (bicyclic) bond motifs is 1. The topological polar surface area (TPSA) is 59.3 Å². The fourth-order valence-corrected chi connectivity index (χ4v) is 2.19. The van der Waals surface area contributed by atoms with Crippen LogP contribution in [0.25, 0.3) is 17.0 Å². The lowest BCUT2D eigenvalue weighted by Crippen LogP contribution is -2.21. The normalized spacial score (nSPS) is 11.3. The number of aromatic nitrogens is 1. The molecule has 0 spiro atoms. The summed E-state index contributed by atoms with van der Waals surface area (Å²) < 4.78 is 1.54. The second kappa shape index (κ2) is 4.72. The average Bonchev–Trinajstić information content (AvgIpc) is 2.35. The van der Waals surface area contributed by atoms with Gasteiger partial charge in [-0.3, -0.25) is 4.79 Å². The number of carbonyl (C=O) groups is 1. The van der Waals surface area contributed by atoms with E-state index in [2.05, 4.69) is 0 Å². The molecular formula is C15H15NO3. The second-order valence-electron chi connectivity index (χ2n) is 4.60. The number of pyridine rings is 1. The van der Waals surface area contributed by atoms with E-state index in [-0.39, 0.29) is 5.56 Å². The van der Waals surface area contributed by atoms with E-state index in [9.17, 15) is 9.59 Å². The summed E-state index contributed by atoms with van der Waals surface area (Å²) in [5.74, 6) is -1.06. The van der Waals surface area contributed by atoms with Gasteiger partial charge >= 0.3 is 5.97 Å². The number of rotatable bonds is 2. The quantitative estimate of drug-likeness (QED) is 0.839. The monoisotopic (exact) mass is 257 g/mol. The summed E-state index contributed by atoms with van der Waals surface area (Å²) in [5, 5.41) is 9.65. The zero-order valence-electron chi connectivity index (χ0n) is 11.1. The van der Waals surface area contributed by atoms with Crippen LogP contribution in [-0.2, 0) is 11.8 Å². The van der Waals surface area contributed by atoms with Crippen molar-refractivity contribution in [3.63, 3.8) is 0 Å². The first-order valence-electron chi connectivity index (χ1n) is 5.92. The zero-order chi connectivity index (χ0) is 14.2. The van der Waals surface area contributed by atoms with E-state index in [0.29, 0.717) is 5.56 Å². The van der Waals surface area contributed by atoms with Crippen molar-refractivity contribution >= 4 is 22.9 Å². The fraction of sp³-hybridized carbons (Fsp3) is 0.200. The fourth-order valence-electron chi connectivity index (χ4n) is 2.19. The maximum Gasteiger partial charge on any atom is 0.328 e. The number of carboxylic acid groups (broad SMARTS) is 1. The van der Waals surface area contributed by atoms with Crippen LogP contribution in [0.3, 0.4) is 0 Å². The molecular weight excluding hydrogens is 242 g/mol. The molecule has 2 aromatic rings. The van der Waals surface area contributed by atoms with Gasteiger partial charge in [-0.25, -0.2) is 4.79 Å². The summed E-state index contributed by atoms with van der Waals surface area (Å²) in [4.78, 5) is 22.8. The van der Waals surface area contributed by atoms with Crippen molar-refractivity contribution in [2.24, 2.45) is 7.05 Å². The van der Waals surface area contributed by atoms with Crippen LogP contribution < -0.4 is 5.56 Å². The molecule has 1 aromatic carbocycles. The molecule has 0 saturated heterocycles. The van der Waals surface area contributed by atoms with E-state index in [1.54, 1.807) is 11.6 Å². The Labute approximate surface area is 110 Å². The first-order valence-corrected chi connectivity index (χ1v) is 5.92. The number of carboxylic acids is 1. The van der Waals surface area contributed by atoms with Crippen molar-refractivity contribution in [3.8, 4) is 0 Å². The number of hydrogen-bond donors (Lipinski definition) is 1. The molecule has 1 aromatic heterocycles. The SMILES string of the molecule is Cc1ccc2c(c1)c(C)c(/C=C/C(=O)O)c(=O)n2C. The van der Waals surface area contributed by atoms with Gasteiger partial charge in [-0.15, -0.1) is 0 Å². The van der Waals surface area contributed by atoms with Gasteiger partial charge in [-0.2, -0.15) is 0 Å². The molecule has 0 bridgehead atoms. The van der Waals surface area contributed by atoms with Gasteiger partial charge in [0.25, 0.3) is 5.56 Å². The molecule has 4 nitrogen and oxygen atoms in total. The Morgan fingerprint density at radius 1 is 1.32 bits per heavy atom. The highest BCUT2D eigenvalue weighted by atomic mass is 16.4. The summed E-state index contributed by atoms with van der Waals surface area (Å²) in [7, 11) is 1.69. The predicted molar refractivity (Wildman–Crippen MR) is 75.3 cm³/mol. The first kappa shape index (κ1) is 13.1. The minimum absolute atomic E-state index is 0.189. The Bertz CT molecular complexity index is 754. The van der Waals surface area contributed by atoms with E-state index in [1.165, 1.54) is 6.08 Å². The van der Waals surface area contributed by atoms with Gasteiger partial charge in [0.2, 0.25) is 0 Å². The Balaban J connectivity index is 2.86. The summed E-state index contributed by atoms with van der Waals surface area (Å²) in [5.41, 5.74) is 2.98. The molecule has 0 atom stereocenters. The molecule has 0 aliphatic heterocycles. The Morgan fingerprint density at radius 2 is 2.00 bits per heavy atom. The molecule has 98 valence electrons. The lowest BCUT2D eigenvalue weighted by atomic mass is 10.0. The van der Waals surface area contributed by atoms with Crippen molar-refractivity contribution < 1.29 is 9.90 Å². The van der Waals surface area contributed by atoms with Crippen LogP contribution in [0, 0.1) is 13.8 Å². The van der Waals surface area contributed by atoms with Crippen LogP contribution in [0.15, 0.2) is 29.1 Å². The second-order valence-corrected chi connectivity index (χ2v) is 4.60. The van der Waals surface area contributed by atoms with Crippen LogP contribution in [0.1, 0.15) is 16.7 Å². The third-order valence-corrected chi connectivity index (χ3v) is 3.25. The molecule has 2 rings (SSSR count). The molecule has 0 aliphatic carbocycles. The van der Waals surface area contributed by atoms with E-state index >= 15 is 0 Å². The molecule has 0 radical (unpaired) electrons. The number of benzene rings is 1. The van der Waals surface area contributed by atoms with Crippen LogP contribution in [0.4, 0.5) is 0 Å². The molecule has 0 saturated carbocycles. The maximum absolute atomic E-state index is 12.2. The van der Waals surface area contributed by atoms with E-state index in [4.69, 9.17) is 5.11 Å². The van der Waals surface area contributed by atoms with Gasteiger partial charge in [0.05, 0.1) is 5.52 Å². The minimum Gasteiger partial charge on any atom is -0.478 e. The highest BCUT2D eigenvalue weighted by Crippen LogP contribution is 2.21. The highest BCUT2D eigenvalue weighted by Gasteiger charge is 2.10. The van der Waals surface area contributed by atoms with Gasteiger partial charge in [0, 0.05) is 24.1 Å². The predicted octanol–water partition coefficient (Wildman–Crippen LogP) is 2.25. The van der Waals surface area contributed by atoms with Crippen molar-refractivity contribution in [2.45, 2.75) is 13.8 Å². The molecule has 0 unspecified atom stereocenters. The summed E-state index contributed by atoms with van der Waals surface area (Å²) in [6.45, 7) is 3.82. The van der Waals surface area contributed by atoms with Crippen LogP contribution in [-0.4, -0.2) is 15.6 Å². The van der Waals surface area contributed by atoms with Gasteiger partial charge in [0.15, 0.2) is 0 Å². The van der Waals surface area contributed by atoms with E-state index < -0.39 is 5.97 Å². The van der Waals surface area contributed by atoms with Crippen molar-refractivity contribution in [1.82, 2.24) is 4.57 Å². The lowest BCUT2D eigenvalue weighted by Gasteiger charge is -2.11. The number of aryl methyl sites for hydroxylation is 3. The standard InChI is InChI=1S/C15H15NO3/c1-9-4-6-13-12(8-9)10(2)11(5-7-14(17)18)15(19)16(13)3/h4-8H,1-3H3,(H,17,18)/b7-5+. The molecule has 0 fully saturated rings. The minimum atomic E-state index is -1.06. The number of aliphatic carboxylic acids is 1. The third-order valence-electron chi connectivity index (χ3n) is 3.25. The smallest absolute Gasteiger partial charge is 0.328 e. The van der Waals surface area contributed by atoms with E-state index in [0.717, 1.165) is 28.1 Å². The molecule has 0 aliphatic rings. The Morgan fingerprint density at radius 3 is 2.63 bits per heavy atom. The highest BCUT2D eigenvalue weighted by molar-refractivity contribution is 5.89. The first-order chi connectivity index (χ1) is 8.91. The van der Waals surface area contributed by atoms with Gasteiger partial charge in [-0.1, -0.05) is 11.6 Å². The molecule has 1 N–H and O–H groups in total. The maximum atomic E-state index is 12.2. The Kier molecular flexibility index (Phi) is 3.25. The molecule has 1 heterocycles. The van der Waals surface area contributed by atoms with Gasteiger partial charge in [-0.05, 0) is 37.6 Å². The number of nitrogens with zero attached hydrogens (tertiary/aromatic N) is 1. The summed E-state index contributed by atoms with van der Waals surface area (Å²) in [6.07, 6.45) is 2.35. The lowest BCUT2D eigenvalue weighted by molar-refractivity contribution is -0.131. The molecule has 0 amide bonds. The van der Waals surface area contributed by atoms with Gasteiger partial charge < -0.3 is 9.67 Å². The van der Waals surface area contributed by atoms with Crippen molar-refractivity contribution in [2.75, 3.05) is 0 Å². The van der Waals surface area contributed by atoms with Crippen LogP contribution in [0.5, 0.6) is 0 Å². The van der Waals surface area contributed by atoms with Crippen molar-refractivity contribution in [3.05, 3.63) is 51.3 Å². The zero-order valence-corrected chi connectivity index (χ0v) is 11.1. The molecule has 19 heavy (non-hydrogen) atoms. The molecule has 4 heteroatoms. The third kappa shape index (κ3) is 2.29. The average molecular weight is 257 g/mol. The van der Waals surface area contributed by atoms with Crippen molar-refractivity contribution in [1.29, 1.82) is 0 Å². The van der Waals surface area contributed by atoms with Gasteiger partial charge in [0.1, 0.15) is 0 Å². The summed E-state index contributed by atoms with van der Waals surface area (Å²) >= 11 is 0. The van der Waals surface area contributed by atoms with Crippen LogP contribution in [0.2, 0.25) is 0 Å². The largest absolute Gasteiger partial charge is 0.478 e. The number of hydrogen-bond acceptors (Lipinski definition) is 2. The summed E-state index contributed by atoms with van der Waals surface area (Å²) in [6, 6.07) is 5.86. The van der Waals surface area contributed by atoms with Crippen LogP contribution >= 0.6 is 0 Å².